The van der Waals surface area contributed by atoms with Gasteiger partial charge in [-0.1, -0.05) is 12.1 Å². The van der Waals surface area contributed by atoms with Crippen LogP contribution < -0.4 is 10.1 Å². The van der Waals surface area contributed by atoms with Crippen molar-refractivity contribution in [1.82, 2.24) is 20.4 Å². The average Bonchev–Trinajstić information content (AvgIpc) is 2.96. The molecule has 0 saturated heterocycles. The monoisotopic (exact) mass is 354 g/mol. The molecular formula is C20H26N4O2. The molecule has 2 aliphatic heterocycles. The second kappa shape index (κ2) is 6.13. The number of nitrogens with zero attached hydrogens (tertiary/aromatic N) is 2. The minimum Gasteiger partial charge on any atom is -0.487 e. The first-order chi connectivity index (χ1) is 12.3. The first kappa shape index (κ1) is 17.1. The Morgan fingerprint density at radius 3 is 3.04 bits per heavy atom. The third-order valence-electron chi connectivity index (χ3n) is 5.27. The van der Waals surface area contributed by atoms with Gasteiger partial charge >= 0.3 is 0 Å². The SMILES string of the molecule is Cc1ccc2c(c1)OC(C)(C)C[C@H]2NC(=O)c1n[nH]c2c1CN(C)CC2. The lowest BCUT2D eigenvalue weighted by Crippen LogP contribution is -2.41. The maximum Gasteiger partial charge on any atom is 0.272 e. The van der Waals surface area contributed by atoms with Crippen LogP contribution in [-0.2, 0) is 13.0 Å². The molecule has 0 aliphatic carbocycles. The Labute approximate surface area is 153 Å². The molecule has 2 aromatic rings. The highest BCUT2D eigenvalue weighted by atomic mass is 16.5. The van der Waals surface area contributed by atoms with Gasteiger partial charge in [0.05, 0.1) is 6.04 Å². The van der Waals surface area contributed by atoms with Crippen molar-refractivity contribution in [3.63, 3.8) is 0 Å². The lowest BCUT2D eigenvalue weighted by Gasteiger charge is -2.38. The van der Waals surface area contributed by atoms with Gasteiger partial charge in [0.1, 0.15) is 11.4 Å². The Balaban J connectivity index is 1.62. The third-order valence-corrected chi connectivity index (χ3v) is 5.27. The van der Waals surface area contributed by atoms with Gasteiger partial charge in [0.2, 0.25) is 0 Å². The molecule has 4 rings (SSSR count). The molecule has 138 valence electrons. The maximum atomic E-state index is 13.0. The van der Waals surface area contributed by atoms with Crippen LogP contribution in [0, 0.1) is 6.92 Å². The van der Waals surface area contributed by atoms with Crippen LogP contribution in [0.25, 0.3) is 0 Å². The molecule has 1 aromatic carbocycles. The van der Waals surface area contributed by atoms with Gasteiger partial charge in [-0.2, -0.15) is 5.10 Å². The van der Waals surface area contributed by atoms with Gasteiger partial charge in [-0.15, -0.1) is 0 Å². The highest BCUT2D eigenvalue weighted by molar-refractivity contribution is 5.94. The van der Waals surface area contributed by atoms with Crippen molar-refractivity contribution < 1.29 is 9.53 Å². The van der Waals surface area contributed by atoms with Crippen molar-refractivity contribution in [2.45, 2.75) is 51.8 Å². The summed E-state index contributed by atoms with van der Waals surface area (Å²) in [6, 6.07) is 6.07. The number of fused-ring (bicyclic) bond motifs is 2. The first-order valence-electron chi connectivity index (χ1n) is 9.17. The van der Waals surface area contributed by atoms with Crippen molar-refractivity contribution in [2.24, 2.45) is 0 Å². The minimum atomic E-state index is -0.329. The first-order valence-corrected chi connectivity index (χ1v) is 9.17. The number of hydrogen-bond donors (Lipinski definition) is 2. The van der Waals surface area contributed by atoms with Gasteiger partial charge < -0.3 is 15.0 Å². The normalized spacial score (nSPS) is 21.5. The van der Waals surface area contributed by atoms with Crippen LogP contribution in [-0.4, -0.2) is 40.2 Å². The smallest absolute Gasteiger partial charge is 0.272 e. The number of amides is 1. The molecular weight excluding hydrogens is 328 g/mol. The van der Waals surface area contributed by atoms with E-state index in [1.165, 1.54) is 0 Å². The molecule has 26 heavy (non-hydrogen) atoms. The number of nitrogens with one attached hydrogen (secondary N) is 2. The van der Waals surface area contributed by atoms with Gasteiger partial charge in [-0.05, 0) is 39.4 Å². The van der Waals surface area contributed by atoms with E-state index in [4.69, 9.17) is 4.74 Å². The molecule has 1 amide bonds. The molecule has 1 aromatic heterocycles. The van der Waals surface area contributed by atoms with E-state index in [9.17, 15) is 4.79 Å². The van der Waals surface area contributed by atoms with Gasteiger partial charge in [-0.25, -0.2) is 0 Å². The molecule has 6 heteroatoms. The quantitative estimate of drug-likeness (QED) is 0.870. The van der Waals surface area contributed by atoms with Crippen LogP contribution in [0.1, 0.15) is 59.2 Å². The number of ether oxygens (including phenoxy) is 1. The molecule has 2 aliphatic rings. The lowest BCUT2D eigenvalue weighted by atomic mass is 9.89. The summed E-state index contributed by atoms with van der Waals surface area (Å²) >= 11 is 0. The van der Waals surface area contributed by atoms with E-state index >= 15 is 0 Å². The molecule has 6 nitrogen and oxygen atoms in total. The van der Waals surface area contributed by atoms with E-state index < -0.39 is 0 Å². The van der Waals surface area contributed by atoms with Crippen LogP contribution in [0.5, 0.6) is 5.75 Å². The van der Waals surface area contributed by atoms with Crippen LogP contribution >= 0.6 is 0 Å². The fourth-order valence-electron chi connectivity index (χ4n) is 3.93. The zero-order valence-corrected chi connectivity index (χ0v) is 15.8. The summed E-state index contributed by atoms with van der Waals surface area (Å²) < 4.78 is 6.13. The highest BCUT2D eigenvalue weighted by Gasteiger charge is 2.35. The van der Waals surface area contributed by atoms with Crippen LogP contribution in [0.4, 0.5) is 0 Å². The van der Waals surface area contributed by atoms with Gasteiger partial charge in [-0.3, -0.25) is 9.89 Å². The lowest BCUT2D eigenvalue weighted by molar-refractivity contribution is 0.0617. The largest absolute Gasteiger partial charge is 0.487 e. The number of hydrogen-bond acceptors (Lipinski definition) is 4. The van der Waals surface area contributed by atoms with Gasteiger partial charge in [0.25, 0.3) is 5.91 Å². The number of likely N-dealkylation sites (N-methyl/N-ethyl adjacent to an activating group) is 1. The van der Waals surface area contributed by atoms with Crippen molar-refractivity contribution in [3.8, 4) is 5.75 Å². The van der Waals surface area contributed by atoms with E-state index in [0.29, 0.717) is 5.69 Å². The molecule has 0 fully saturated rings. The molecule has 0 bridgehead atoms. The zero-order valence-electron chi connectivity index (χ0n) is 15.8. The number of rotatable bonds is 2. The fraction of sp³-hybridized carbons (Fsp3) is 0.500. The van der Waals surface area contributed by atoms with E-state index in [0.717, 1.165) is 54.1 Å². The molecule has 0 unspecified atom stereocenters. The number of H-pyrrole nitrogens is 1. The zero-order chi connectivity index (χ0) is 18.5. The van der Waals surface area contributed by atoms with Gasteiger partial charge in [0.15, 0.2) is 5.69 Å². The minimum absolute atomic E-state index is 0.0875. The van der Waals surface area contributed by atoms with E-state index in [2.05, 4.69) is 53.4 Å². The Hall–Kier alpha value is -2.34. The van der Waals surface area contributed by atoms with Crippen LogP contribution in [0.3, 0.4) is 0 Å². The van der Waals surface area contributed by atoms with E-state index in [1.807, 2.05) is 13.0 Å². The Kier molecular flexibility index (Phi) is 4.03. The molecule has 1 atom stereocenters. The summed E-state index contributed by atoms with van der Waals surface area (Å²) in [4.78, 5) is 15.2. The standard InChI is InChI=1S/C20H26N4O2/c1-12-5-6-13-16(10-20(2,3)26-17(13)9-12)21-19(25)18-14-11-24(4)8-7-15(14)22-23-18/h5-6,9,16H,7-8,10-11H2,1-4H3,(H,21,25)(H,22,23)/t16-/m1/s1. The van der Waals surface area contributed by atoms with E-state index in [1.54, 1.807) is 0 Å². The summed E-state index contributed by atoms with van der Waals surface area (Å²) in [5, 5.41) is 10.6. The molecule has 3 heterocycles. The van der Waals surface area contributed by atoms with Crippen molar-refractivity contribution in [1.29, 1.82) is 0 Å². The maximum absolute atomic E-state index is 13.0. The number of aromatic nitrogens is 2. The summed E-state index contributed by atoms with van der Waals surface area (Å²) in [5.74, 6) is 0.738. The summed E-state index contributed by atoms with van der Waals surface area (Å²) in [5.41, 5.74) is 4.47. The second-order valence-corrected chi connectivity index (χ2v) is 8.15. The topological polar surface area (TPSA) is 70.2 Å². The summed E-state index contributed by atoms with van der Waals surface area (Å²) in [7, 11) is 2.07. The number of benzene rings is 1. The Bertz CT molecular complexity index is 855. The summed E-state index contributed by atoms with van der Waals surface area (Å²) in [6.45, 7) is 7.90. The molecule has 0 spiro atoms. The predicted molar refractivity (Wildman–Crippen MR) is 99.3 cm³/mol. The fourth-order valence-corrected chi connectivity index (χ4v) is 3.93. The molecule has 0 saturated carbocycles. The average molecular weight is 354 g/mol. The molecule has 0 radical (unpaired) electrons. The van der Waals surface area contributed by atoms with E-state index in [-0.39, 0.29) is 17.6 Å². The van der Waals surface area contributed by atoms with Crippen molar-refractivity contribution in [2.75, 3.05) is 13.6 Å². The highest BCUT2D eigenvalue weighted by Crippen LogP contribution is 2.40. The number of carbonyl (C=O) groups is 1. The molecule has 2 N–H and O–H groups in total. The predicted octanol–water partition coefficient (Wildman–Crippen LogP) is 2.74. The van der Waals surface area contributed by atoms with Crippen molar-refractivity contribution in [3.05, 3.63) is 46.3 Å². The number of aromatic amines is 1. The van der Waals surface area contributed by atoms with Gasteiger partial charge in [0, 0.05) is 42.8 Å². The van der Waals surface area contributed by atoms with Crippen LogP contribution in [0.15, 0.2) is 18.2 Å². The van der Waals surface area contributed by atoms with Crippen LogP contribution in [0.2, 0.25) is 0 Å². The third kappa shape index (κ3) is 3.09. The van der Waals surface area contributed by atoms with Crippen molar-refractivity contribution >= 4 is 5.91 Å². The Morgan fingerprint density at radius 2 is 2.23 bits per heavy atom. The number of aryl methyl sites for hydroxylation is 1. The summed E-state index contributed by atoms with van der Waals surface area (Å²) in [6.07, 6.45) is 1.62. The Morgan fingerprint density at radius 1 is 1.42 bits per heavy atom. The second-order valence-electron chi connectivity index (χ2n) is 8.15. The number of carbonyl (C=O) groups excluding carboxylic acids is 1.